The summed E-state index contributed by atoms with van der Waals surface area (Å²) < 4.78 is 10.6. The Kier molecular flexibility index (Phi) is 8.41. The minimum atomic E-state index is -0.361. The molecule has 2 aliphatic rings. The second-order valence-electron chi connectivity index (χ2n) is 6.10. The van der Waals surface area contributed by atoms with Crippen molar-refractivity contribution >= 4 is 5.78 Å². The van der Waals surface area contributed by atoms with Gasteiger partial charge in [-0.2, -0.15) is 0 Å². The van der Waals surface area contributed by atoms with Gasteiger partial charge in [0, 0.05) is 53.1 Å². The fraction of sp³-hybridized carbons (Fsp3) is 0.938. The largest absolute Gasteiger partial charge is 0.396 e. The third kappa shape index (κ3) is 6.02. The van der Waals surface area contributed by atoms with Gasteiger partial charge in [0.2, 0.25) is 0 Å². The fourth-order valence-electron chi connectivity index (χ4n) is 3.27. The Balaban J connectivity index is 0.000000219. The third-order valence-electron chi connectivity index (χ3n) is 4.70. The summed E-state index contributed by atoms with van der Waals surface area (Å²) in [6.07, 6.45) is 7.10. The first-order chi connectivity index (χ1) is 10.1. The van der Waals surface area contributed by atoms with Gasteiger partial charge >= 0.3 is 0 Å². The standard InChI is InChI=1S/C9H18O3.C7H12O2/c1-11-9(12-2)5-3-8(7-9)4-6-10;8-4-3-6-1-2-7(9)5-6/h8,10H,3-7H2,1-2H3;6,8H,1-5H2. The predicted molar refractivity (Wildman–Crippen MR) is 79.8 cm³/mol. The molecule has 0 radical (unpaired) electrons. The first kappa shape index (κ1) is 18.6. The van der Waals surface area contributed by atoms with Crippen molar-refractivity contribution in [3.8, 4) is 0 Å². The Bertz CT molecular complexity index is 301. The maximum atomic E-state index is 10.6. The molecule has 0 amide bonds. The number of ketones is 1. The fourth-order valence-corrected chi connectivity index (χ4v) is 3.27. The highest BCUT2D eigenvalue weighted by molar-refractivity contribution is 5.80. The van der Waals surface area contributed by atoms with Crippen molar-refractivity contribution in [2.24, 2.45) is 11.8 Å². The maximum Gasteiger partial charge on any atom is 0.167 e. The second-order valence-corrected chi connectivity index (χ2v) is 6.10. The summed E-state index contributed by atoms with van der Waals surface area (Å²) in [5, 5.41) is 17.3. The number of aliphatic hydroxyl groups excluding tert-OH is 2. The lowest BCUT2D eigenvalue weighted by molar-refractivity contribution is -0.202. The summed E-state index contributed by atoms with van der Waals surface area (Å²) in [5.41, 5.74) is 0. The van der Waals surface area contributed by atoms with Gasteiger partial charge < -0.3 is 19.7 Å². The Labute approximate surface area is 127 Å². The molecule has 2 aliphatic carbocycles. The van der Waals surface area contributed by atoms with Gasteiger partial charge in [0.05, 0.1) is 0 Å². The molecule has 5 heteroatoms. The van der Waals surface area contributed by atoms with Gasteiger partial charge in [-0.15, -0.1) is 0 Å². The minimum Gasteiger partial charge on any atom is -0.396 e. The molecular weight excluding hydrogens is 272 g/mol. The molecule has 5 nitrogen and oxygen atoms in total. The van der Waals surface area contributed by atoms with Crippen LogP contribution in [0.15, 0.2) is 0 Å². The zero-order valence-corrected chi connectivity index (χ0v) is 13.3. The van der Waals surface area contributed by atoms with E-state index in [-0.39, 0.29) is 19.0 Å². The summed E-state index contributed by atoms with van der Waals surface area (Å²) in [4.78, 5) is 10.6. The molecular formula is C16H30O5. The van der Waals surface area contributed by atoms with Gasteiger partial charge in [0.15, 0.2) is 5.79 Å². The SMILES string of the molecule is COC1(OC)CCC(CCO)C1.O=C1CCC(CCO)C1. The van der Waals surface area contributed by atoms with E-state index in [4.69, 9.17) is 19.7 Å². The normalized spacial score (nSPS) is 27.5. The van der Waals surface area contributed by atoms with E-state index in [0.29, 0.717) is 24.0 Å². The lowest BCUT2D eigenvalue weighted by atomic mass is 10.0. The van der Waals surface area contributed by atoms with Gasteiger partial charge in [0.25, 0.3) is 0 Å². The monoisotopic (exact) mass is 302 g/mol. The summed E-state index contributed by atoms with van der Waals surface area (Å²) in [5.74, 6) is 1.06. The highest BCUT2D eigenvalue weighted by atomic mass is 16.7. The summed E-state index contributed by atoms with van der Waals surface area (Å²) in [6.45, 7) is 0.506. The molecule has 0 spiro atoms. The Morgan fingerprint density at radius 1 is 1.10 bits per heavy atom. The van der Waals surface area contributed by atoms with Crippen LogP contribution in [0.1, 0.15) is 51.4 Å². The van der Waals surface area contributed by atoms with Gasteiger partial charge in [-0.3, -0.25) is 4.79 Å². The molecule has 2 unspecified atom stereocenters. The highest BCUT2D eigenvalue weighted by Gasteiger charge is 2.38. The molecule has 0 aromatic rings. The first-order valence-electron chi connectivity index (χ1n) is 7.93. The first-order valence-corrected chi connectivity index (χ1v) is 7.93. The zero-order valence-electron chi connectivity index (χ0n) is 13.3. The Hall–Kier alpha value is -0.490. The van der Waals surface area contributed by atoms with Crippen LogP contribution >= 0.6 is 0 Å². The molecule has 2 fully saturated rings. The highest BCUT2D eigenvalue weighted by Crippen LogP contribution is 2.38. The second kappa shape index (κ2) is 9.51. The van der Waals surface area contributed by atoms with E-state index in [1.165, 1.54) is 0 Å². The van der Waals surface area contributed by atoms with E-state index < -0.39 is 0 Å². The molecule has 0 aromatic carbocycles. The number of carbonyl (C=O) groups excluding carboxylic acids is 1. The molecule has 0 heterocycles. The number of aliphatic hydroxyl groups is 2. The average Bonchev–Trinajstić information content (AvgIpc) is 3.08. The molecule has 0 saturated heterocycles. The Morgan fingerprint density at radius 2 is 1.71 bits per heavy atom. The van der Waals surface area contributed by atoms with E-state index in [9.17, 15) is 4.79 Å². The molecule has 124 valence electrons. The zero-order chi connectivity index (χ0) is 15.7. The molecule has 2 atom stereocenters. The summed E-state index contributed by atoms with van der Waals surface area (Å²) in [6, 6.07) is 0. The number of methoxy groups -OCH3 is 2. The van der Waals surface area contributed by atoms with Crippen molar-refractivity contribution < 1.29 is 24.5 Å². The van der Waals surface area contributed by atoms with E-state index in [0.717, 1.165) is 44.9 Å². The van der Waals surface area contributed by atoms with Crippen LogP contribution < -0.4 is 0 Å². The maximum absolute atomic E-state index is 10.6. The lowest BCUT2D eigenvalue weighted by Crippen LogP contribution is -2.30. The predicted octanol–water partition coefficient (Wildman–Crippen LogP) is 1.90. The number of Topliss-reactive ketones (excluding diaryl/α,β-unsaturated/α-hetero) is 1. The van der Waals surface area contributed by atoms with Crippen LogP contribution in [0.4, 0.5) is 0 Å². The molecule has 2 N–H and O–H groups in total. The number of hydrogen-bond donors (Lipinski definition) is 2. The number of carbonyl (C=O) groups is 1. The van der Waals surface area contributed by atoms with Crippen molar-refractivity contribution in [1.29, 1.82) is 0 Å². The van der Waals surface area contributed by atoms with E-state index in [1.807, 2.05) is 0 Å². The number of ether oxygens (including phenoxy) is 2. The van der Waals surface area contributed by atoms with Gasteiger partial charge in [0.1, 0.15) is 5.78 Å². The van der Waals surface area contributed by atoms with Crippen molar-refractivity contribution in [2.75, 3.05) is 27.4 Å². The van der Waals surface area contributed by atoms with Gasteiger partial charge in [-0.1, -0.05) is 0 Å². The molecule has 21 heavy (non-hydrogen) atoms. The molecule has 0 aliphatic heterocycles. The van der Waals surface area contributed by atoms with Crippen LogP contribution in [0.5, 0.6) is 0 Å². The van der Waals surface area contributed by atoms with E-state index >= 15 is 0 Å². The Morgan fingerprint density at radius 3 is 2.14 bits per heavy atom. The quantitative estimate of drug-likeness (QED) is 0.733. The third-order valence-corrected chi connectivity index (χ3v) is 4.70. The minimum absolute atomic E-state index is 0.234. The van der Waals surface area contributed by atoms with Crippen LogP contribution in [-0.2, 0) is 14.3 Å². The molecule has 0 aromatic heterocycles. The molecule has 2 saturated carbocycles. The lowest BCUT2D eigenvalue weighted by Gasteiger charge is -2.25. The van der Waals surface area contributed by atoms with E-state index in [2.05, 4.69) is 0 Å². The van der Waals surface area contributed by atoms with Crippen LogP contribution in [0, 0.1) is 11.8 Å². The van der Waals surface area contributed by atoms with Crippen LogP contribution in [-0.4, -0.2) is 49.2 Å². The van der Waals surface area contributed by atoms with Crippen molar-refractivity contribution in [3.05, 3.63) is 0 Å². The van der Waals surface area contributed by atoms with Crippen molar-refractivity contribution in [3.63, 3.8) is 0 Å². The topological polar surface area (TPSA) is 76.0 Å². The van der Waals surface area contributed by atoms with Crippen molar-refractivity contribution in [1.82, 2.24) is 0 Å². The van der Waals surface area contributed by atoms with Crippen LogP contribution in [0.25, 0.3) is 0 Å². The van der Waals surface area contributed by atoms with Crippen molar-refractivity contribution in [2.45, 2.75) is 57.2 Å². The van der Waals surface area contributed by atoms with E-state index in [1.54, 1.807) is 14.2 Å². The van der Waals surface area contributed by atoms with Gasteiger partial charge in [-0.25, -0.2) is 0 Å². The molecule has 0 bridgehead atoms. The number of hydrogen-bond acceptors (Lipinski definition) is 5. The smallest absolute Gasteiger partial charge is 0.167 e. The summed E-state index contributed by atoms with van der Waals surface area (Å²) >= 11 is 0. The van der Waals surface area contributed by atoms with Crippen LogP contribution in [0.2, 0.25) is 0 Å². The average molecular weight is 302 g/mol. The summed E-state index contributed by atoms with van der Waals surface area (Å²) in [7, 11) is 3.37. The van der Waals surface area contributed by atoms with Gasteiger partial charge in [-0.05, 0) is 37.5 Å². The van der Waals surface area contributed by atoms with Crippen LogP contribution in [0.3, 0.4) is 0 Å². The molecule has 2 rings (SSSR count). The number of rotatable bonds is 6.